The summed E-state index contributed by atoms with van der Waals surface area (Å²) < 4.78 is 5.89. The molecule has 0 saturated carbocycles. The van der Waals surface area contributed by atoms with Gasteiger partial charge in [0.15, 0.2) is 0 Å². The fourth-order valence-corrected chi connectivity index (χ4v) is 3.08. The van der Waals surface area contributed by atoms with Crippen LogP contribution in [0.25, 0.3) is 0 Å². The van der Waals surface area contributed by atoms with E-state index in [0.29, 0.717) is 0 Å². The maximum Gasteiger partial charge on any atom is 0.288 e. The molecule has 2 aromatic rings. The molecule has 0 aromatic heterocycles. The number of aryl methyl sites for hydroxylation is 1. The number of hydrogen-bond acceptors (Lipinski definition) is 3. The molecule has 1 amide bonds. The minimum atomic E-state index is -0.915. The zero-order valence-corrected chi connectivity index (χ0v) is 12.5. The van der Waals surface area contributed by atoms with Crippen molar-refractivity contribution in [3.05, 3.63) is 65.7 Å². The second-order valence-electron chi connectivity index (χ2n) is 5.73. The van der Waals surface area contributed by atoms with Crippen LogP contribution in [-0.2, 0) is 9.53 Å². The third kappa shape index (κ3) is 1.67. The van der Waals surface area contributed by atoms with Crippen molar-refractivity contribution in [3.63, 3.8) is 0 Å². The van der Waals surface area contributed by atoms with Gasteiger partial charge in [0, 0.05) is 0 Å². The third-order valence-electron chi connectivity index (χ3n) is 4.39. The first-order valence-electron chi connectivity index (χ1n) is 7.33. The lowest BCUT2D eigenvalue weighted by molar-refractivity contribution is -0.120. The van der Waals surface area contributed by atoms with Gasteiger partial charge in [0.05, 0.1) is 11.4 Å². The van der Waals surface area contributed by atoms with Crippen LogP contribution in [0.3, 0.4) is 0 Å². The molecule has 1 saturated heterocycles. The Balaban J connectivity index is 1.70. The number of epoxide rings is 1. The van der Waals surface area contributed by atoms with Gasteiger partial charge in [-0.25, -0.2) is 0 Å². The molecule has 2 heterocycles. The van der Waals surface area contributed by atoms with Crippen LogP contribution in [0.1, 0.15) is 24.2 Å². The summed E-state index contributed by atoms with van der Waals surface area (Å²) in [4.78, 5) is 12.9. The van der Waals surface area contributed by atoms with Gasteiger partial charge in [0.25, 0.3) is 5.91 Å². The van der Waals surface area contributed by atoms with Crippen molar-refractivity contribution >= 4 is 17.3 Å². The number of para-hydroxylation sites is 1. The van der Waals surface area contributed by atoms with Crippen molar-refractivity contribution in [2.75, 3.05) is 5.01 Å². The van der Waals surface area contributed by atoms with E-state index in [-0.39, 0.29) is 12.0 Å². The topological polar surface area (TPSA) is 45.2 Å². The molecule has 4 heteroatoms. The van der Waals surface area contributed by atoms with E-state index in [1.165, 1.54) is 5.01 Å². The van der Waals surface area contributed by atoms with Gasteiger partial charge in [-0.1, -0.05) is 42.5 Å². The molecule has 110 valence electrons. The van der Waals surface area contributed by atoms with E-state index < -0.39 is 5.60 Å². The SMILES string of the molecule is CC1=NN(c2ccccc2)C(=O)[C@]12O[C@@H]2c1ccccc1C. The molecule has 4 rings (SSSR count). The number of ether oxygens (including phenoxy) is 1. The standard InChI is InChI=1S/C18H16N2O2/c1-12-8-6-7-11-15(12)16-18(22-16)13(2)19-20(17(18)21)14-9-4-3-5-10-14/h3-11,16H,1-2H3/t16-,18+/m1/s1. The van der Waals surface area contributed by atoms with Crippen LogP contribution in [0, 0.1) is 6.92 Å². The number of nitrogens with zero attached hydrogens (tertiary/aromatic N) is 2. The lowest BCUT2D eigenvalue weighted by Crippen LogP contribution is -2.35. The first-order valence-corrected chi connectivity index (χ1v) is 7.33. The van der Waals surface area contributed by atoms with Crippen LogP contribution < -0.4 is 5.01 Å². The summed E-state index contributed by atoms with van der Waals surface area (Å²) in [5, 5.41) is 5.89. The highest BCUT2D eigenvalue weighted by Gasteiger charge is 2.70. The lowest BCUT2D eigenvalue weighted by Gasteiger charge is -2.12. The van der Waals surface area contributed by atoms with Crippen LogP contribution in [0.2, 0.25) is 0 Å². The third-order valence-corrected chi connectivity index (χ3v) is 4.39. The molecule has 2 atom stereocenters. The molecule has 0 N–H and O–H groups in total. The van der Waals surface area contributed by atoms with Crippen LogP contribution in [0.4, 0.5) is 5.69 Å². The minimum Gasteiger partial charge on any atom is -0.344 e. The smallest absolute Gasteiger partial charge is 0.288 e. The Bertz CT molecular complexity index is 785. The van der Waals surface area contributed by atoms with Gasteiger partial charge in [-0.05, 0) is 37.1 Å². The molecular formula is C18H16N2O2. The molecule has 2 aromatic carbocycles. The first kappa shape index (κ1) is 13.2. The highest BCUT2D eigenvalue weighted by atomic mass is 16.6. The Morgan fingerprint density at radius 2 is 1.73 bits per heavy atom. The number of hydrogen-bond donors (Lipinski definition) is 0. The van der Waals surface area contributed by atoms with Crippen LogP contribution >= 0.6 is 0 Å². The summed E-state index contributed by atoms with van der Waals surface area (Å²) in [6.45, 7) is 3.89. The van der Waals surface area contributed by atoms with Crippen LogP contribution in [0.5, 0.6) is 0 Å². The van der Waals surface area contributed by atoms with E-state index in [0.717, 1.165) is 22.5 Å². The Morgan fingerprint density at radius 1 is 1.05 bits per heavy atom. The van der Waals surface area contributed by atoms with Crippen molar-refractivity contribution in [1.82, 2.24) is 0 Å². The van der Waals surface area contributed by atoms with Gasteiger partial charge >= 0.3 is 0 Å². The lowest BCUT2D eigenvalue weighted by atomic mass is 9.93. The minimum absolute atomic E-state index is 0.107. The van der Waals surface area contributed by atoms with Crippen LogP contribution in [-0.4, -0.2) is 17.2 Å². The molecule has 0 aliphatic carbocycles. The number of anilines is 1. The Kier molecular flexibility index (Phi) is 2.71. The van der Waals surface area contributed by atoms with Gasteiger partial charge in [-0.2, -0.15) is 10.1 Å². The van der Waals surface area contributed by atoms with Gasteiger partial charge in [-0.3, -0.25) is 4.79 Å². The number of benzene rings is 2. The molecule has 2 aliphatic rings. The molecule has 22 heavy (non-hydrogen) atoms. The second-order valence-corrected chi connectivity index (χ2v) is 5.73. The second kappa shape index (κ2) is 4.52. The molecule has 1 fully saturated rings. The fraction of sp³-hybridized carbons (Fsp3) is 0.222. The van der Waals surface area contributed by atoms with Crippen molar-refractivity contribution in [3.8, 4) is 0 Å². The van der Waals surface area contributed by atoms with Crippen molar-refractivity contribution in [1.29, 1.82) is 0 Å². The number of hydrazone groups is 1. The number of rotatable bonds is 2. The first-order chi connectivity index (χ1) is 10.6. The van der Waals surface area contributed by atoms with E-state index in [1.807, 2.05) is 68.4 Å². The van der Waals surface area contributed by atoms with Crippen molar-refractivity contribution < 1.29 is 9.53 Å². The Hall–Kier alpha value is -2.46. The highest BCUT2D eigenvalue weighted by molar-refractivity contribution is 6.24. The van der Waals surface area contributed by atoms with Crippen LogP contribution in [0.15, 0.2) is 59.7 Å². The number of carbonyl (C=O) groups excluding carboxylic acids is 1. The molecule has 0 bridgehead atoms. The molecule has 1 spiro atoms. The zero-order valence-electron chi connectivity index (χ0n) is 12.5. The van der Waals surface area contributed by atoms with Gasteiger partial charge in [-0.15, -0.1) is 0 Å². The largest absolute Gasteiger partial charge is 0.344 e. The Morgan fingerprint density at radius 3 is 2.45 bits per heavy atom. The molecule has 0 radical (unpaired) electrons. The summed E-state index contributed by atoms with van der Waals surface area (Å²) in [6.07, 6.45) is -0.237. The van der Waals surface area contributed by atoms with Gasteiger partial charge in [0.1, 0.15) is 6.10 Å². The normalized spacial score (nSPS) is 26.5. The predicted molar refractivity (Wildman–Crippen MR) is 84.8 cm³/mol. The molecular weight excluding hydrogens is 276 g/mol. The average Bonchev–Trinajstić information content (AvgIpc) is 3.24. The number of amides is 1. The van der Waals surface area contributed by atoms with Crippen molar-refractivity contribution in [2.24, 2.45) is 5.10 Å². The molecule has 0 unspecified atom stereocenters. The van der Waals surface area contributed by atoms with E-state index in [2.05, 4.69) is 5.10 Å². The number of carbonyl (C=O) groups is 1. The summed E-state index contributed by atoms with van der Waals surface area (Å²) in [6, 6.07) is 17.5. The van der Waals surface area contributed by atoms with Gasteiger partial charge in [0.2, 0.25) is 5.60 Å². The zero-order chi connectivity index (χ0) is 15.3. The van der Waals surface area contributed by atoms with E-state index in [4.69, 9.17) is 4.74 Å². The maximum atomic E-state index is 12.9. The van der Waals surface area contributed by atoms with E-state index in [9.17, 15) is 4.79 Å². The summed E-state index contributed by atoms with van der Waals surface area (Å²) in [5.74, 6) is -0.107. The summed E-state index contributed by atoms with van der Waals surface area (Å²) in [7, 11) is 0. The van der Waals surface area contributed by atoms with E-state index in [1.54, 1.807) is 0 Å². The summed E-state index contributed by atoms with van der Waals surface area (Å²) >= 11 is 0. The van der Waals surface area contributed by atoms with E-state index >= 15 is 0 Å². The maximum absolute atomic E-state index is 12.9. The van der Waals surface area contributed by atoms with Crippen molar-refractivity contribution in [2.45, 2.75) is 25.6 Å². The molecule has 2 aliphatic heterocycles. The monoisotopic (exact) mass is 292 g/mol. The average molecular weight is 292 g/mol. The highest BCUT2D eigenvalue weighted by Crippen LogP contribution is 2.55. The fourth-order valence-electron chi connectivity index (χ4n) is 3.08. The molecule has 4 nitrogen and oxygen atoms in total. The predicted octanol–water partition coefficient (Wildman–Crippen LogP) is 3.23. The quantitative estimate of drug-likeness (QED) is 0.798. The summed E-state index contributed by atoms with van der Waals surface area (Å²) in [5.41, 5.74) is 2.75. The van der Waals surface area contributed by atoms with Gasteiger partial charge < -0.3 is 4.74 Å². The Labute approximate surface area is 129 Å².